The number of hydrogen-bond acceptors (Lipinski definition) is 8. The van der Waals surface area contributed by atoms with Gasteiger partial charge in [0.15, 0.2) is 0 Å². The van der Waals surface area contributed by atoms with Crippen molar-refractivity contribution < 1.29 is 9.59 Å². The Bertz CT molecular complexity index is 1410. The van der Waals surface area contributed by atoms with Crippen LogP contribution >= 0.6 is 0 Å². The van der Waals surface area contributed by atoms with Crippen LogP contribution in [0.3, 0.4) is 0 Å². The van der Waals surface area contributed by atoms with Gasteiger partial charge in [-0.3, -0.25) is 14.6 Å². The number of nitrogens with zero attached hydrogens (tertiary/aromatic N) is 5. The Morgan fingerprint density at radius 1 is 0.854 bits per heavy atom. The van der Waals surface area contributed by atoms with E-state index in [0.29, 0.717) is 37.7 Å². The lowest BCUT2D eigenvalue weighted by atomic mass is 10.1. The Balaban J connectivity index is 1.30. The van der Waals surface area contributed by atoms with Crippen molar-refractivity contribution >= 4 is 34.8 Å². The normalized spacial score (nSPS) is 10.7. The largest absolute Gasteiger partial charge is 0.383 e. The summed E-state index contributed by atoms with van der Waals surface area (Å²) in [4.78, 5) is 41.5. The Hall–Kier alpha value is -4.83. The van der Waals surface area contributed by atoms with Gasteiger partial charge >= 0.3 is 0 Å². The van der Waals surface area contributed by atoms with Crippen molar-refractivity contribution in [1.29, 1.82) is 0 Å². The molecule has 0 aliphatic rings. The molecule has 2 heterocycles. The molecule has 41 heavy (non-hydrogen) atoms. The molecule has 0 aliphatic carbocycles. The fraction of sp³-hybridized carbons (Fsp3) is 0.258. The molecule has 0 bridgehead atoms. The number of carbonyl (C=O) groups excluding carboxylic acids is 2. The number of pyridine rings is 1. The van der Waals surface area contributed by atoms with Gasteiger partial charge in [0.05, 0.1) is 17.8 Å². The van der Waals surface area contributed by atoms with E-state index in [9.17, 15) is 9.59 Å². The first-order valence-electron chi connectivity index (χ1n) is 13.6. The molecule has 0 radical (unpaired) electrons. The minimum atomic E-state index is -0.0631. The molecule has 2 aromatic carbocycles. The van der Waals surface area contributed by atoms with Gasteiger partial charge in [-0.05, 0) is 75.1 Å². The molecule has 0 saturated carbocycles. The molecule has 0 atom stereocenters. The smallest absolute Gasteiger partial charge is 0.255 e. The first-order chi connectivity index (χ1) is 19.9. The summed E-state index contributed by atoms with van der Waals surface area (Å²) in [6.07, 6.45) is 5.87. The fourth-order valence-corrected chi connectivity index (χ4v) is 4.18. The lowest BCUT2D eigenvalue weighted by molar-refractivity contribution is -0.116. The van der Waals surface area contributed by atoms with Crippen molar-refractivity contribution in [2.45, 2.75) is 13.3 Å². The van der Waals surface area contributed by atoms with Crippen molar-refractivity contribution in [3.8, 4) is 11.3 Å². The molecule has 10 nitrogen and oxygen atoms in total. The molecule has 0 aliphatic heterocycles. The zero-order chi connectivity index (χ0) is 29.0. The minimum absolute atomic E-state index is 0.00811. The van der Waals surface area contributed by atoms with Gasteiger partial charge in [0.1, 0.15) is 0 Å². The number of anilines is 4. The number of carbonyl (C=O) groups is 2. The molecule has 0 saturated heterocycles. The highest BCUT2D eigenvalue weighted by Crippen LogP contribution is 2.22. The number of nitrogens with one attached hydrogen (secondary N) is 3. The van der Waals surface area contributed by atoms with Gasteiger partial charge in [-0.25, -0.2) is 9.97 Å². The second-order valence-electron chi connectivity index (χ2n) is 9.79. The van der Waals surface area contributed by atoms with Crippen molar-refractivity contribution in [1.82, 2.24) is 24.8 Å². The molecule has 212 valence electrons. The van der Waals surface area contributed by atoms with Gasteiger partial charge in [-0.1, -0.05) is 19.1 Å². The van der Waals surface area contributed by atoms with Crippen molar-refractivity contribution in [3.63, 3.8) is 0 Å². The van der Waals surface area contributed by atoms with Crippen LogP contribution in [0.2, 0.25) is 0 Å². The van der Waals surface area contributed by atoms with E-state index >= 15 is 0 Å². The van der Waals surface area contributed by atoms with Gasteiger partial charge in [0.2, 0.25) is 11.9 Å². The van der Waals surface area contributed by atoms with E-state index in [2.05, 4.69) is 37.8 Å². The molecule has 0 fully saturated rings. The lowest BCUT2D eigenvalue weighted by Crippen LogP contribution is -2.35. The maximum atomic E-state index is 12.8. The second kappa shape index (κ2) is 14.5. The summed E-state index contributed by atoms with van der Waals surface area (Å²) in [6.45, 7) is 4.29. The third kappa shape index (κ3) is 8.84. The zero-order valence-corrected chi connectivity index (χ0v) is 23.7. The number of rotatable bonds is 13. The van der Waals surface area contributed by atoms with E-state index in [-0.39, 0.29) is 11.8 Å². The van der Waals surface area contributed by atoms with Gasteiger partial charge in [0, 0.05) is 60.9 Å². The van der Waals surface area contributed by atoms with Gasteiger partial charge in [-0.15, -0.1) is 0 Å². The van der Waals surface area contributed by atoms with E-state index in [1.54, 1.807) is 30.7 Å². The quantitative estimate of drug-likeness (QED) is 0.218. The zero-order valence-electron chi connectivity index (χ0n) is 23.7. The summed E-state index contributed by atoms with van der Waals surface area (Å²) < 4.78 is 0. The van der Waals surface area contributed by atoms with Gasteiger partial charge < -0.3 is 25.8 Å². The van der Waals surface area contributed by atoms with Crippen molar-refractivity contribution in [2.75, 3.05) is 56.2 Å². The standard InChI is InChI=1S/C31H36N8O2/c1-4-19-39(30(41)24-6-5-16-32-21-24)20-18-33-25-11-13-27(14-12-25)36-31-34-17-15-28(37-31)23-7-9-26(10-8-23)35-29(40)22-38(2)3/h5-17,21,33H,4,18-20,22H2,1-3H3,(H,35,40)(H,34,36,37). The summed E-state index contributed by atoms with van der Waals surface area (Å²) in [5.41, 5.74) is 4.83. The monoisotopic (exact) mass is 552 g/mol. The second-order valence-corrected chi connectivity index (χ2v) is 9.79. The van der Waals surface area contributed by atoms with Crippen LogP contribution in [0.25, 0.3) is 11.3 Å². The Kier molecular flexibility index (Phi) is 10.3. The van der Waals surface area contributed by atoms with E-state index in [4.69, 9.17) is 0 Å². The van der Waals surface area contributed by atoms with Gasteiger partial charge in [-0.2, -0.15) is 0 Å². The molecule has 0 spiro atoms. The molecular formula is C31H36N8O2. The number of benzene rings is 2. The Morgan fingerprint density at radius 2 is 1.59 bits per heavy atom. The summed E-state index contributed by atoms with van der Waals surface area (Å²) in [6, 6.07) is 20.8. The van der Waals surface area contributed by atoms with Crippen LogP contribution < -0.4 is 16.0 Å². The SMILES string of the molecule is CCCN(CCNc1ccc(Nc2nccc(-c3ccc(NC(=O)CN(C)C)cc3)n2)cc1)C(=O)c1cccnc1. The summed E-state index contributed by atoms with van der Waals surface area (Å²) in [5.74, 6) is 0.411. The van der Waals surface area contributed by atoms with Crippen LogP contribution in [0.5, 0.6) is 0 Å². The predicted molar refractivity (Wildman–Crippen MR) is 163 cm³/mol. The molecular weight excluding hydrogens is 516 g/mol. The molecule has 2 aromatic heterocycles. The lowest BCUT2D eigenvalue weighted by Gasteiger charge is -2.22. The van der Waals surface area contributed by atoms with Crippen LogP contribution in [-0.2, 0) is 4.79 Å². The summed E-state index contributed by atoms with van der Waals surface area (Å²) in [5, 5.41) is 9.53. The van der Waals surface area contributed by atoms with Gasteiger partial charge in [0.25, 0.3) is 5.91 Å². The number of hydrogen-bond donors (Lipinski definition) is 3. The first kappa shape index (κ1) is 29.2. The highest BCUT2D eigenvalue weighted by Gasteiger charge is 2.14. The molecule has 4 aromatic rings. The summed E-state index contributed by atoms with van der Waals surface area (Å²) >= 11 is 0. The fourth-order valence-electron chi connectivity index (χ4n) is 4.18. The maximum Gasteiger partial charge on any atom is 0.255 e. The third-order valence-electron chi connectivity index (χ3n) is 6.12. The average Bonchev–Trinajstić information content (AvgIpc) is 2.98. The molecule has 10 heteroatoms. The maximum absolute atomic E-state index is 12.8. The van der Waals surface area contributed by atoms with E-state index in [1.165, 1.54) is 0 Å². The van der Waals surface area contributed by atoms with E-state index < -0.39 is 0 Å². The van der Waals surface area contributed by atoms with Crippen LogP contribution in [0.15, 0.2) is 85.3 Å². The molecule has 0 unspecified atom stereocenters. The Morgan fingerprint density at radius 3 is 2.27 bits per heavy atom. The highest BCUT2D eigenvalue weighted by atomic mass is 16.2. The number of aromatic nitrogens is 3. The van der Waals surface area contributed by atoms with Crippen LogP contribution in [-0.4, -0.2) is 76.8 Å². The predicted octanol–water partition coefficient (Wildman–Crippen LogP) is 4.75. The summed E-state index contributed by atoms with van der Waals surface area (Å²) in [7, 11) is 3.71. The number of amides is 2. The topological polar surface area (TPSA) is 115 Å². The Labute approximate surface area is 240 Å². The van der Waals surface area contributed by atoms with Crippen molar-refractivity contribution in [2.24, 2.45) is 0 Å². The first-order valence-corrected chi connectivity index (χ1v) is 13.6. The van der Waals surface area contributed by atoms with Crippen LogP contribution in [0.1, 0.15) is 23.7 Å². The highest BCUT2D eigenvalue weighted by molar-refractivity contribution is 5.94. The van der Waals surface area contributed by atoms with E-state index in [1.807, 2.05) is 78.5 Å². The third-order valence-corrected chi connectivity index (χ3v) is 6.12. The van der Waals surface area contributed by atoms with E-state index in [0.717, 1.165) is 34.7 Å². The number of likely N-dealkylation sites (N-methyl/N-ethyl adjacent to an activating group) is 1. The van der Waals surface area contributed by atoms with Crippen molar-refractivity contribution in [3.05, 3.63) is 90.9 Å². The van der Waals surface area contributed by atoms with Crippen LogP contribution in [0, 0.1) is 0 Å². The molecule has 4 rings (SSSR count). The van der Waals surface area contributed by atoms with Crippen LogP contribution in [0.4, 0.5) is 23.0 Å². The average molecular weight is 553 g/mol. The molecule has 2 amide bonds. The minimum Gasteiger partial charge on any atom is -0.383 e. The molecule has 3 N–H and O–H groups in total.